The van der Waals surface area contributed by atoms with Gasteiger partial charge >= 0.3 is 292 Å². The molecular weight excluding hydrogens is 694 g/mol. The minimum absolute atomic E-state index is 0.00960. The monoisotopic (exact) mass is 736 g/mol. The fraction of sp³-hybridized carbons (Fsp3) is 0.182. The second-order valence-corrected chi connectivity index (χ2v) is 23.2. The molecule has 234 valence electrons. The quantitative estimate of drug-likeness (QED) is 0.172. The van der Waals surface area contributed by atoms with E-state index >= 15 is 0 Å². The summed E-state index contributed by atoms with van der Waals surface area (Å²) in [6.45, 7) is 14.1. The van der Waals surface area contributed by atoms with Gasteiger partial charge in [-0.05, 0) is 0 Å². The van der Waals surface area contributed by atoms with Crippen molar-refractivity contribution in [3.8, 4) is 11.5 Å². The summed E-state index contributed by atoms with van der Waals surface area (Å²) in [6.07, 6.45) is 0. The first-order chi connectivity index (χ1) is 22.6. The third kappa shape index (κ3) is 6.06. The van der Waals surface area contributed by atoms with Crippen LogP contribution in [0.25, 0.3) is 0 Å². The Kier molecular flexibility index (Phi) is 8.59. The van der Waals surface area contributed by atoms with Gasteiger partial charge in [-0.2, -0.15) is 0 Å². The van der Waals surface area contributed by atoms with Gasteiger partial charge in [0.05, 0.1) is 0 Å². The fourth-order valence-electron chi connectivity index (χ4n) is 6.69. The Labute approximate surface area is 290 Å². The van der Waals surface area contributed by atoms with Crippen molar-refractivity contribution in [1.82, 2.24) is 0 Å². The molecule has 0 aliphatic carbocycles. The summed E-state index contributed by atoms with van der Waals surface area (Å²) < 4.78 is 15.9. The summed E-state index contributed by atoms with van der Waals surface area (Å²) in [7, 11) is 0. The van der Waals surface area contributed by atoms with E-state index < -0.39 is 29.3 Å². The number of hydrogen-bond acceptors (Lipinski definition) is 1. The molecule has 7 rings (SSSR count). The van der Waals surface area contributed by atoms with Gasteiger partial charge in [0.2, 0.25) is 0 Å². The maximum absolute atomic E-state index is 7.52. The zero-order valence-corrected chi connectivity index (χ0v) is 31.9. The normalized spacial score (nSPS) is 13.6. The van der Waals surface area contributed by atoms with Crippen molar-refractivity contribution in [3.05, 3.63) is 168 Å². The zero-order chi connectivity index (χ0) is 32.8. The first kappa shape index (κ1) is 31.8. The van der Waals surface area contributed by atoms with E-state index in [1.54, 1.807) is 0 Å². The molecule has 0 amide bonds. The van der Waals surface area contributed by atoms with Crippen molar-refractivity contribution < 1.29 is 4.74 Å². The van der Waals surface area contributed by atoms with Crippen molar-refractivity contribution in [2.24, 2.45) is 0 Å². The van der Waals surface area contributed by atoms with Crippen molar-refractivity contribution in [2.75, 3.05) is 0 Å². The summed E-state index contributed by atoms with van der Waals surface area (Å²) in [5, 5.41) is 0. The molecule has 0 fully saturated rings. The predicted octanol–water partition coefficient (Wildman–Crippen LogP) is 6.76. The minimum atomic E-state index is -2.03. The molecule has 0 radical (unpaired) electrons. The SMILES string of the molecule is Cc1cc([As](c2ccccc2)c2ccccc2)c2c(c1)C(C)(C)c1cc(C(C)(C)C)cc([As](c3ccccc3)c3ccccc3)c1O2. The Bertz CT molecular complexity index is 1930. The van der Waals surface area contributed by atoms with Crippen LogP contribution in [0.1, 0.15) is 56.9 Å². The Balaban J connectivity index is 1.53. The molecule has 0 atom stereocenters. The average Bonchev–Trinajstić information content (AvgIpc) is 3.07. The van der Waals surface area contributed by atoms with Crippen LogP contribution in [0.4, 0.5) is 0 Å². The first-order valence-corrected chi connectivity index (χ1v) is 22.1. The first-order valence-electron chi connectivity index (χ1n) is 16.5. The zero-order valence-electron chi connectivity index (χ0n) is 28.2. The number of aryl methyl sites for hydroxylation is 1. The molecule has 0 spiro atoms. The van der Waals surface area contributed by atoms with Crippen LogP contribution in [0.2, 0.25) is 0 Å². The van der Waals surface area contributed by atoms with Gasteiger partial charge in [-0.15, -0.1) is 0 Å². The van der Waals surface area contributed by atoms with E-state index in [0.29, 0.717) is 0 Å². The van der Waals surface area contributed by atoms with Crippen LogP contribution in [0, 0.1) is 6.92 Å². The molecule has 0 saturated heterocycles. The molecule has 1 nitrogen and oxygen atoms in total. The number of rotatable bonds is 6. The Morgan fingerprint density at radius 1 is 0.489 bits per heavy atom. The van der Waals surface area contributed by atoms with Crippen molar-refractivity contribution in [2.45, 2.75) is 52.4 Å². The molecule has 3 heteroatoms. The van der Waals surface area contributed by atoms with E-state index in [1.807, 2.05) is 0 Å². The summed E-state index contributed by atoms with van der Waals surface area (Å²) >= 11 is -4.01. The van der Waals surface area contributed by atoms with Gasteiger partial charge in [0.1, 0.15) is 0 Å². The van der Waals surface area contributed by atoms with Gasteiger partial charge in [-0.1, -0.05) is 0 Å². The molecule has 1 aliphatic heterocycles. The van der Waals surface area contributed by atoms with Crippen LogP contribution in [-0.4, -0.2) is 29.3 Å². The molecule has 0 N–H and O–H groups in total. The summed E-state index contributed by atoms with van der Waals surface area (Å²) in [4.78, 5) is 0. The third-order valence-electron chi connectivity index (χ3n) is 9.24. The second-order valence-electron chi connectivity index (χ2n) is 14.0. The number of fused-ring (bicyclic) bond motifs is 2. The molecule has 1 aliphatic rings. The van der Waals surface area contributed by atoms with Gasteiger partial charge in [0.25, 0.3) is 0 Å². The Morgan fingerprint density at radius 3 is 1.23 bits per heavy atom. The molecule has 0 aromatic heterocycles. The van der Waals surface area contributed by atoms with Crippen LogP contribution >= 0.6 is 0 Å². The van der Waals surface area contributed by atoms with Crippen molar-refractivity contribution in [3.63, 3.8) is 0 Å². The standard InChI is InChI=1S/C44H42As2O/c1-31-27-37-41(39(28-31)45(33-19-11-7-12-20-33)34-21-13-8-14-22-34)47-42-38(44(37,5)6)29-32(43(2,3)4)30-40(42)46(35-23-15-9-16-24-35)36-25-17-10-18-26-36/h7-30H,1-6H3. The van der Waals surface area contributed by atoms with Crippen LogP contribution in [0.5, 0.6) is 11.5 Å². The molecule has 0 unspecified atom stereocenters. The summed E-state index contributed by atoms with van der Waals surface area (Å²) in [5.41, 5.74) is 4.99. The molecule has 6 aromatic rings. The molecular formula is C44H42As2O. The van der Waals surface area contributed by atoms with Gasteiger partial charge in [-0.25, -0.2) is 0 Å². The molecule has 6 aromatic carbocycles. The Morgan fingerprint density at radius 2 is 0.851 bits per heavy atom. The molecule has 1 heterocycles. The van der Waals surface area contributed by atoms with Crippen LogP contribution in [0.3, 0.4) is 0 Å². The van der Waals surface area contributed by atoms with Gasteiger partial charge in [0, 0.05) is 0 Å². The Hall–Kier alpha value is -3.76. The summed E-state index contributed by atoms with van der Waals surface area (Å²) in [6, 6.07) is 54.4. The number of benzene rings is 6. The van der Waals surface area contributed by atoms with Crippen molar-refractivity contribution >= 4 is 55.4 Å². The summed E-state index contributed by atoms with van der Waals surface area (Å²) in [5.74, 6) is 2.14. The number of hydrogen-bond donors (Lipinski definition) is 0. The van der Waals surface area contributed by atoms with E-state index in [9.17, 15) is 0 Å². The topological polar surface area (TPSA) is 9.23 Å². The number of ether oxygens (including phenoxy) is 1. The van der Waals surface area contributed by atoms with E-state index in [-0.39, 0.29) is 10.8 Å². The van der Waals surface area contributed by atoms with Crippen LogP contribution < -0.4 is 30.8 Å². The van der Waals surface area contributed by atoms with Gasteiger partial charge in [-0.3, -0.25) is 0 Å². The van der Waals surface area contributed by atoms with E-state index in [4.69, 9.17) is 4.74 Å². The van der Waals surface area contributed by atoms with E-state index in [0.717, 1.165) is 11.5 Å². The maximum atomic E-state index is 7.52. The molecule has 0 saturated carbocycles. The van der Waals surface area contributed by atoms with Gasteiger partial charge < -0.3 is 0 Å². The molecule has 47 heavy (non-hydrogen) atoms. The second kappa shape index (κ2) is 12.7. The van der Waals surface area contributed by atoms with Gasteiger partial charge in [0.15, 0.2) is 0 Å². The van der Waals surface area contributed by atoms with E-state index in [1.165, 1.54) is 48.4 Å². The van der Waals surface area contributed by atoms with Crippen LogP contribution in [-0.2, 0) is 10.8 Å². The van der Waals surface area contributed by atoms with Crippen LogP contribution in [0.15, 0.2) is 146 Å². The fourth-order valence-corrected chi connectivity index (χ4v) is 17.0. The molecule has 0 bridgehead atoms. The van der Waals surface area contributed by atoms with Crippen molar-refractivity contribution in [1.29, 1.82) is 0 Å². The average molecular weight is 737 g/mol. The predicted molar refractivity (Wildman–Crippen MR) is 204 cm³/mol. The van der Waals surface area contributed by atoms with E-state index in [2.05, 4.69) is 187 Å². The third-order valence-corrected chi connectivity index (χ3v) is 19.5.